The van der Waals surface area contributed by atoms with Gasteiger partial charge >= 0.3 is 5.97 Å². The van der Waals surface area contributed by atoms with Crippen molar-refractivity contribution in [1.82, 2.24) is 0 Å². The number of nitro groups is 1. The fourth-order valence-corrected chi connectivity index (χ4v) is 3.92. The Kier molecular flexibility index (Phi) is 7.15. The zero-order valence-electron chi connectivity index (χ0n) is 17.2. The molecule has 168 valence electrons. The molecule has 1 aliphatic heterocycles. The maximum atomic E-state index is 12.4. The molecule has 0 aliphatic carbocycles. The molecule has 1 saturated heterocycles. The third-order valence-corrected chi connectivity index (χ3v) is 6.24. The molecule has 11 heteroatoms. The fourth-order valence-electron chi connectivity index (χ4n) is 3.30. The van der Waals surface area contributed by atoms with Gasteiger partial charge in [0.05, 0.1) is 21.6 Å². The van der Waals surface area contributed by atoms with Crippen molar-refractivity contribution in [2.45, 2.75) is 20.3 Å². The standard InChI is InChI=1S/C21H19BrClN3O6/c1-11-3-4-14(7-18(11)26(30)31)25-9-13(6-20(25)28)21(29)32-10-19(27)24-17-8-16(23)15(22)5-12(17)2/h3-5,7-8,13H,6,9-10H2,1-2H3,(H,24,27)/t13-/m1/s1. The number of nitro benzene ring substituents is 1. The normalized spacial score (nSPS) is 15.6. The number of hydrogen-bond acceptors (Lipinski definition) is 6. The van der Waals surface area contributed by atoms with E-state index in [1.165, 1.54) is 11.0 Å². The van der Waals surface area contributed by atoms with Gasteiger partial charge in [-0.05, 0) is 53.5 Å². The summed E-state index contributed by atoms with van der Waals surface area (Å²) in [6.07, 6.45) is -0.108. The van der Waals surface area contributed by atoms with Gasteiger partial charge in [-0.1, -0.05) is 17.7 Å². The van der Waals surface area contributed by atoms with Gasteiger partial charge < -0.3 is 15.0 Å². The monoisotopic (exact) mass is 523 g/mol. The summed E-state index contributed by atoms with van der Waals surface area (Å²) < 4.78 is 5.78. The Morgan fingerprint density at radius 3 is 2.69 bits per heavy atom. The van der Waals surface area contributed by atoms with Crippen molar-refractivity contribution in [2.24, 2.45) is 5.92 Å². The number of aryl methyl sites for hydroxylation is 2. The van der Waals surface area contributed by atoms with E-state index >= 15 is 0 Å². The van der Waals surface area contributed by atoms with E-state index in [0.717, 1.165) is 5.56 Å². The van der Waals surface area contributed by atoms with Crippen molar-refractivity contribution in [2.75, 3.05) is 23.4 Å². The fraction of sp³-hybridized carbons (Fsp3) is 0.286. The van der Waals surface area contributed by atoms with Gasteiger partial charge in [0, 0.05) is 34.8 Å². The third kappa shape index (κ3) is 5.25. The molecule has 0 unspecified atom stereocenters. The van der Waals surface area contributed by atoms with E-state index in [4.69, 9.17) is 16.3 Å². The minimum atomic E-state index is -0.778. The van der Waals surface area contributed by atoms with Crippen LogP contribution in [0, 0.1) is 29.9 Å². The van der Waals surface area contributed by atoms with Crippen molar-refractivity contribution in [1.29, 1.82) is 0 Å². The molecule has 0 aromatic heterocycles. The highest BCUT2D eigenvalue weighted by atomic mass is 79.9. The predicted octanol–water partition coefficient (Wildman–Crippen LogP) is 4.16. The number of carbonyl (C=O) groups excluding carboxylic acids is 3. The Balaban J connectivity index is 1.59. The van der Waals surface area contributed by atoms with Crippen LogP contribution < -0.4 is 10.2 Å². The number of hydrogen-bond donors (Lipinski definition) is 1. The summed E-state index contributed by atoms with van der Waals surface area (Å²) in [4.78, 5) is 48.9. The number of carbonyl (C=O) groups is 3. The number of halogens is 2. The van der Waals surface area contributed by atoms with Crippen LogP contribution in [0.25, 0.3) is 0 Å². The minimum Gasteiger partial charge on any atom is -0.455 e. The van der Waals surface area contributed by atoms with E-state index < -0.39 is 29.3 Å². The molecule has 1 heterocycles. The van der Waals surface area contributed by atoms with Crippen molar-refractivity contribution in [3.8, 4) is 0 Å². The lowest BCUT2D eigenvalue weighted by Gasteiger charge is -2.17. The smallest absolute Gasteiger partial charge is 0.311 e. The van der Waals surface area contributed by atoms with Crippen molar-refractivity contribution >= 4 is 62.4 Å². The minimum absolute atomic E-state index is 0.0148. The van der Waals surface area contributed by atoms with Crippen LogP contribution in [0.15, 0.2) is 34.8 Å². The summed E-state index contributed by atoms with van der Waals surface area (Å²) in [5.74, 6) is -2.37. The van der Waals surface area contributed by atoms with E-state index in [1.54, 1.807) is 38.1 Å². The first-order chi connectivity index (χ1) is 15.1. The molecule has 0 radical (unpaired) electrons. The van der Waals surface area contributed by atoms with Crippen LogP contribution in [0.3, 0.4) is 0 Å². The Labute approximate surface area is 196 Å². The molecule has 3 rings (SSSR count). The topological polar surface area (TPSA) is 119 Å². The quantitative estimate of drug-likeness (QED) is 0.344. The second-order valence-corrected chi connectivity index (χ2v) is 8.63. The highest BCUT2D eigenvalue weighted by molar-refractivity contribution is 9.10. The first kappa shape index (κ1) is 23.7. The van der Waals surface area contributed by atoms with Crippen molar-refractivity contribution < 1.29 is 24.0 Å². The maximum absolute atomic E-state index is 12.4. The van der Waals surface area contributed by atoms with Crippen LogP contribution in [0.1, 0.15) is 17.5 Å². The van der Waals surface area contributed by atoms with Crippen LogP contribution in [-0.2, 0) is 19.1 Å². The number of amides is 2. The summed E-state index contributed by atoms with van der Waals surface area (Å²) in [7, 11) is 0. The molecule has 2 amide bonds. The second kappa shape index (κ2) is 9.66. The van der Waals surface area contributed by atoms with Gasteiger partial charge in [0.1, 0.15) is 0 Å². The van der Waals surface area contributed by atoms with Crippen LogP contribution in [-0.4, -0.2) is 35.9 Å². The predicted molar refractivity (Wildman–Crippen MR) is 122 cm³/mol. The van der Waals surface area contributed by atoms with Gasteiger partial charge in [0.2, 0.25) is 5.91 Å². The number of nitrogens with zero attached hydrogens (tertiary/aromatic N) is 2. The average molecular weight is 525 g/mol. The summed E-state index contributed by atoms with van der Waals surface area (Å²) in [5.41, 5.74) is 1.95. The van der Waals surface area contributed by atoms with E-state index in [2.05, 4.69) is 21.2 Å². The number of esters is 1. The highest BCUT2D eigenvalue weighted by Crippen LogP contribution is 2.31. The van der Waals surface area contributed by atoms with E-state index in [9.17, 15) is 24.5 Å². The van der Waals surface area contributed by atoms with Gasteiger partial charge in [-0.25, -0.2) is 0 Å². The Morgan fingerprint density at radius 2 is 2.00 bits per heavy atom. The highest BCUT2D eigenvalue weighted by Gasteiger charge is 2.37. The molecule has 0 bridgehead atoms. The lowest BCUT2D eigenvalue weighted by atomic mass is 10.1. The van der Waals surface area contributed by atoms with Gasteiger partial charge in [-0.3, -0.25) is 24.5 Å². The Hall–Kier alpha value is -2.98. The lowest BCUT2D eigenvalue weighted by Crippen LogP contribution is -2.28. The van der Waals surface area contributed by atoms with Crippen molar-refractivity contribution in [3.05, 3.63) is 61.1 Å². The van der Waals surface area contributed by atoms with E-state index in [0.29, 0.717) is 26.4 Å². The molecule has 2 aromatic carbocycles. The molecule has 1 atom stereocenters. The van der Waals surface area contributed by atoms with Gasteiger partial charge in [-0.15, -0.1) is 0 Å². The number of nitrogens with one attached hydrogen (secondary N) is 1. The molecule has 9 nitrogen and oxygen atoms in total. The first-order valence-corrected chi connectivity index (χ1v) is 10.7. The second-order valence-electron chi connectivity index (χ2n) is 7.37. The summed E-state index contributed by atoms with van der Waals surface area (Å²) in [5, 5.41) is 14.2. The number of ether oxygens (including phenoxy) is 1. The SMILES string of the molecule is Cc1cc(Br)c(Cl)cc1NC(=O)COC(=O)[C@@H]1CC(=O)N(c2ccc(C)c([N+](=O)[O-])c2)C1. The van der Waals surface area contributed by atoms with E-state index in [1.807, 2.05) is 0 Å². The third-order valence-electron chi connectivity index (χ3n) is 5.05. The molecular formula is C21H19BrClN3O6. The number of anilines is 2. The molecule has 1 aliphatic rings. The lowest BCUT2D eigenvalue weighted by molar-refractivity contribution is -0.385. The summed E-state index contributed by atoms with van der Waals surface area (Å²) >= 11 is 9.33. The maximum Gasteiger partial charge on any atom is 0.311 e. The van der Waals surface area contributed by atoms with Gasteiger partial charge in [-0.2, -0.15) is 0 Å². The molecule has 32 heavy (non-hydrogen) atoms. The zero-order valence-corrected chi connectivity index (χ0v) is 19.5. The molecular weight excluding hydrogens is 506 g/mol. The van der Waals surface area contributed by atoms with Crippen LogP contribution in [0.5, 0.6) is 0 Å². The van der Waals surface area contributed by atoms with Crippen LogP contribution in [0.2, 0.25) is 5.02 Å². The van der Waals surface area contributed by atoms with Crippen molar-refractivity contribution in [3.63, 3.8) is 0 Å². The summed E-state index contributed by atoms with van der Waals surface area (Å²) in [6.45, 7) is 2.88. The molecule has 1 fully saturated rings. The summed E-state index contributed by atoms with van der Waals surface area (Å²) in [6, 6.07) is 7.77. The van der Waals surface area contributed by atoms with Crippen LogP contribution in [0.4, 0.5) is 17.1 Å². The number of rotatable bonds is 6. The zero-order chi connectivity index (χ0) is 23.6. The molecule has 0 spiro atoms. The Morgan fingerprint density at radius 1 is 1.28 bits per heavy atom. The van der Waals surface area contributed by atoms with E-state index in [-0.39, 0.29) is 24.6 Å². The molecule has 0 saturated carbocycles. The first-order valence-electron chi connectivity index (χ1n) is 9.54. The number of benzene rings is 2. The average Bonchev–Trinajstić information content (AvgIpc) is 3.12. The Bertz CT molecular complexity index is 1120. The van der Waals surface area contributed by atoms with Crippen LogP contribution >= 0.6 is 27.5 Å². The molecule has 2 aromatic rings. The van der Waals surface area contributed by atoms with Gasteiger partial charge in [0.25, 0.3) is 11.6 Å². The largest absolute Gasteiger partial charge is 0.455 e. The van der Waals surface area contributed by atoms with Gasteiger partial charge in [0.15, 0.2) is 6.61 Å². The molecule has 1 N–H and O–H groups in total.